The average molecular weight is 532 g/mol. The minimum absolute atomic E-state index is 0.0282. The van der Waals surface area contributed by atoms with Crippen molar-refractivity contribution in [1.29, 1.82) is 5.41 Å². The Kier molecular flexibility index (Phi) is 5.80. The maximum atomic E-state index is 14.2. The second-order valence-electron chi connectivity index (χ2n) is 9.63. The summed E-state index contributed by atoms with van der Waals surface area (Å²) >= 11 is 0. The van der Waals surface area contributed by atoms with E-state index in [-0.39, 0.29) is 43.7 Å². The lowest BCUT2D eigenvalue weighted by atomic mass is 9.86. The summed E-state index contributed by atoms with van der Waals surface area (Å²) in [7, 11) is 0. The number of nitrogens with one attached hydrogen (secondary N) is 1. The molecule has 0 saturated carbocycles. The Bertz CT molecular complexity index is 1770. The zero-order chi connectivity index (χ0) is 27.5. The summed E-state index contributed by atoms with van der Waals surface area (Å²) in [5, 5.41) is 19.4. The van der Waals surface area contributed by atoms with Crippen LogP contribution in [0.1, 0.15) is 41.2 Å². The zero-order valence-electron chi connectivity index (χ0n) is 20.9. The number of nitrogens with zero attached hydrogens (tertiary/aromatic N) is 2. The van der Waals surface area contributed by atoms with Gasteiger partial charge < -0.3 is 24.6 Å². The number of esters is 1. The molecule has 0 spiro atoms. The van der Waals surface area contributed by atoms with E-state index in [0.717, 1.165) is 6.07 Å². The highest BCUT2D eigenvalue weighted by atomic mass is 19.1. The fourth-order valence-corrected chi connectivity index (χ4v) is 5.30. The van der Waals surface area contributed by atoms with Gasteiger partial charge in [0, 0.05) is 35.2 Å². The number of hydrogen-bond acceptors (Lipinski definition) is 7. The number of fused-ring (bicyclic) bond motifs is 5. The lowest BCUT2D eigenvalue weighted by molar-refractivity contribution is -0.172. The van der Waals surface area contributed by atoms with Gasteiger partial charge in [0.25, 0.3) is 5.56 Å². The van der Waals surface area contributed by atoms with Crippen LogP contribution in [0.4, 0.5) is 8.78 Å². The SMILES string of the molecule is CC[C@@]1(O)C(=O)OCc2c1cc1n(c2=O)Cc2c-1nc1ccc(C=N)cc1c2OCCc1ccc(F)cc1F. The van der Waals surface area contributed by atoms with Crippen LogP contribution in [-0.4, -0.2) is 33.4 Å². The van der Waals surface area contributed by atoms with Gasteiger partial charge in [-0.1, -0.05) is 19.1 Å². The number of halogens is 2. The van der Waals surface area contributed by atoms with Crippen molar-refractivity contribution in [1.82, 2.24) is 9.55 Å². The van der Waals surface area contributed by atoms with Gasteiger partial charge in [-0.3, -0.25) is 4.79 Å². The molecule has 0 fully saturated rings. The molecule has 8 nitrogen and oxygen atoms in total. The molecule has 39 heavy (non-hydrogen) atoms. The third-order valence-electron chi connectivity index (χ3n) is 7.46. The van der Waals surface area contributed by atoms with Crippen molar-refractivity contribution in [3.05, 3.63) is 92.3 Å². The third-order valence-corrected chi connectivity index (χ3v) is 7.46. The Morgan fingerprint density at radius 1 is 1.18 bits per heavy atom. The second kappa shape index (κ2) is 9.09. The largest absolute Gasteiger partial charge is 0.492 e. The standard InChI is InChI=1S/C29H23F2N3O5/c1-2-29(37)21-11-24-25-19(13-34(24)27(35)20(21)14-39-28(29)36)26(18-9-15(12-32)3-6-23(18)33-25)38-8-7-16-4-5-17(30)10-22(16)31/h3-6,9-12,32,37H,2,7-8,13-14H2,1H3/t29-/m0/s1. The van der Waals surface area contributed by atoms with E-state index in [9.17, 15) is 23.5 Å². The number of benzene rings is 2. The van der Waals surface area contributed by atoms with Gasteiger partial charge in [0.05, 0.1) is 35.6 Å². The molecule has 0 amide bonds. The van der Waals surface area contributed by atoms with Crippen molar-refractivity contribution in [2.24, 2.45) is 0 Å². The van der Waals surface area contributed by atoms with E-state index in [2.05, 4.69) is 0 Å². The molecule has 2 N–H and O–H groups in total. The normalized spacial score (nSPS) is 17.4. The van der Waals surface area contributed by atoms with Gasteiger partial charge >= 0.3 is 5.97 Å². The number of hydrogen-bond donors (Lipinski definition) is 2. The molecule has 4 aromatic rings. The van der Waals surface area contributed by atoms with E-state index in [1.54, 1.807) is 31.2 Å². The van der Waals surface area contributed by atoms with Crippen LogP contribution in [0.15, 0.2) is 47.3 Å². The molecule has 0 aliphatic carbocycles. The monoisotopic (exact) mass is 531 g/mol. The predicted octanol–water partition coefficient (Wildman–Crippen LogP) is 3.98. The van der Waals surface area contributed by atoms with Crippen LogP contribution < -0.4 is 10.3 Å². The Labute approximate surface area is 221 Å². The van der Waals surface area contributed by atoms with Crippen LogP contribution in [0.5, 0.6) is 5.75 Å². The summed E-state index contributed by atoms with van der Waals surface area (Å²) in [6, 6.07) is 10.2. The minimum atomic E-state index is -1.95. The Morgan fingerprint density at radius 3 is 2.74 bits per heavy atom. The summed E-state index contributed by atoms with van der Waals surface area (Å²) < 4.78 is 40.4. The van der Waals surface area contributed by atoms with Crippen LogP contribution in [0.2, 0.25) is 0 Å². The number of aromatic nitrogens is 2. The van der Waals surface area contributed by atoms with Gasteiger partial charge in [-0.25, -0.2) is 18.6 Å². The maximum Gasteiger partial charge on any atom is 0.343 e. The molecule has 0 bridgehead atoms. The molecule has 4 heterocycles. The first kappa shape index (κ1) is 24.9. The van der Waals surface area contributed by atoms with Crippen molar-refractivity contribution in [3.63, 3.8) is 0 Å². The number of cyclic esters (lactones) is 1. The highest BCUT2D eigenvalue weighted by Gasteiger charge is 2.45. The first-order chi connectivity index (χ1) is 18.7. The third kappa shape index (κ3) is 3.82. The summed E-state index contributed by atoms with van der Waals surface area (Å²) in [5.74, 6) is -1.70. The second-order valence-corrected chi connectivity index (χ2v) is 9.63. The van der Waals surface area contributed by atoms with E-state index >= 15 is 0 Å². The van der Waals surface area contributed by atoms with Gasteiger partial charge in [0.15, 0.2) is 5.60 Å². The maximum absolute atomic E-state index is 14.2. The Balaban J connectivity index is 1.49. The summed E-state index contributed by atoms with van der Waals surface area (Å²) in [4.78, 5) is 30.8. The molecule has 0 saturated heterocycles. The van der Waals surface area contributed by atoms with Gasteiger partial charge in [0.2, 0.25) is 0 Å². The fraction of sp³-hybridized carbons (Fsp3) is 0.241. The Morgan fingerprint density at radius 2 is 2.00 bits per heavy atom. The molecule has 198 valence electrons. The van der Waals surface area contributed by atoms with Gasteiger partial charge in [-0.05, 0) is 41.8 Å². The molecule has 0 unspecified atom stereocenters. The smallest absolute Gasteiger partial charge is 0.343 e. The molecular formula is C29H23F2N3O5. The van der Waals surface area contributed by atoms with Gasteiger partial charge in [-0.15, -0.1) is 0 Å². The van der Waals surface area contributed by atoms with E-state index < -0.39 is 28.8 Å². The number of carbonyl (C=O) groups excluding carboxylic acids is 1. The summed E-state index contributed by atoms with van der Waals surface area (Å²) in [6.07, 6.45) is 1.39. The Hall–Kier alpha value is -4.44. The minimum Gasteiger partial charge on any atom is -0.492 e. The fourth-order valence-electron chi connectivity index (χ4n) is 5.30. The van der Waals surface area contributed by atoms with Crippen molar-refractivity contribution in [2.75, 3.05) is 6.61 Å². The summed E-state index contributed by atoms with van der Waals surface area (Å²) in [5.41, 5.74) is 1.03. The lowest BCUT2D eigenvalue weighted by Crippen LogP contribution is -2.44. The van der Waals surface area contributed by atoms with Crippen LogP contribution in [0.3, 0.4) is 0 Å². The van der Waals surface area contributed by atoms with Gasteiger partial charge in [-0.2, -0.15) is 0 Å². The number of carbonyl (C=O) groups is 1. The number of aliphatic hydroxyl groups is 1. The first-order valence-corrected chi connectivity index (χ1v) is 12.5. The summed E-state index contributed by atoms with van der Waals surface area (Å²) in [6.45, 7) is 1.57. The molecule has 2 aliphatic heterocycles. The zero-order valence-corrected chi connectivity index (χ0v) is 20.9. The molecule has 2 aromatic heterocycles. The van der Waals surface area contributed by atoms with E-state index in [1.807, 2.05) is 0 Å². The van der Waals surface area contributed by atoms with Crippen LogP contribution >= 0.6 is 0 Å². The van der Waals surface area contributed by atoms with Crippen LogP contribution in [0, 0.1) is 17.0 Å². The van der Waals surface area contributed by atoms with Crippen molar-refractivity contribution < 1.29 is 28.2 Å². The molecule has 2 aromatic carbocycles. The van der Waals surface area contributed by atoms with E-state index in [1.165, 1.54) is 22.9 Å². The van der Waals surface area contributed by atoms with Crippen LogP contribution in [-0.2, 0) is 34.7 Å². The highest BCUT2D eigenvalue weighted by molar-refractivity contribution is 5.95. The van der Waals surface area contributed by atoms with Crippen LogP contribution in [0.25, 0.3) is 22.3 Å². The molecule has 10 heteroatoms. The van der Waals surface area contributed by atoms with Crippen molar-refractivity contribution >= 4 is 23.1 Å². The number of pyridine rings is 2. The molecular weight excluding hydrogens is 508 g/mol. The quantitative estimate of drug-likeness (QED) is 0.253. The lowest BCUT2D eigenvalue weighted by Gasteiger charge is -2.31. The number of rotatable bonds is 6. The molecule has 1 atom stereocenters. The molecule has 0 radical (unpaired) electrons. The topological polar surface area (TPSA) is 115 Å². The molecule has 2 aliphatic rings. The average Bonchev–Trinajstić information content (AvgIpc) is 3.30. The first-order valence-electron chi connectivity index (χ1n) is 12.5. The molecule has 6 rings (SSSR count). The van der Waals surface area contributed by atoms with E-state index in [4.69, 9.17) is 19.9 Å². The van der Waals surface area contributed by atoms with Crippen molar-refractivity contribution in [3.8, 4) is 17.1 Å². The predicted molar refractivity (Wildman–Crippen MR) is 138 cm³/mol. The highest BCUT2D eigenvalue weighted by Crippen LogP contribution is 2.43. The van der Waals surface area contributed by atoms with Crippen molar-refractivity contribution in [2.45, 2.75) is 38.5 Å². The van der Waals surface area contributed by atoms with Gasteiger partial charge in [0.1, 0.15) is 24.0 Å². The van der Waals surface area contributed by atoms with E-state index in [0.29, 0.717) is 44.7 Å². The number of ether oxygens (including phenoxy) is 2.